The van der Waals surface area contributed by atoms with Gasteiger partial charge in [0.25, 0.3) is 0 Å². The Morgan fingerprint density at radius 2 is 1.49 bits per heavy atom. The number of halogens is 3. The number of hydrogen-bond acceptors (Lipinski definition) is 4. The monoisotopic (exact) mass is 584 g/mol. The summed E-state index contributed by atoms with van der Waals surface area (Å²) >= 11 is 18.6. The molecule has 9 heteroatoms. The van der Waals surface area contributed by atoms with E-state index in [4.69, 9.17) is 34.8 Å². The molecule has 0 aliphatic carbocycles. The van der Waals surface area contributed by atoms with Crippen molar-refractivity contribution in [1.29, 1.82) is 0 Å². The van der Waals surface area contributed by atoms with Gasteiger partial charge in [-0.3, -0.25) is 14.5 Å². The second-order valence-electron chi connectivity index (χ2n) is 10.3. The molecule has 2 heterocycles. The van der Waals surface area contributed by atoms with Gasteiger partial charge >= 0.3 is 0 Å². The predicted octanol–water partition coefficient (Wildman–Crippen LogP) is 6.36. The maximum Gasteiger partial charge on any atom is 0.239 e. The third-order valence-electron chi connectivity index (χ3n) is 7.56. The van der Waals surface area contributed by atoms with Gasteiger partial charge in [0.15, 0.2) is 0 Å². The molecule has 2 aliphatic rings. The van der Waals surface area contributed by atoms with E-state index in [1.807, 2.05) is 36.4 Å². The highest BCUT2D eigenvalue weighted by atomic mass is 35.5. The molecule has 0 unspecified atom stereocenters. The number of nitrogens with one attached hydrogen (secondary N) is 3. The number of para-hydroxylation sites is 2. The summed E-state index contributed by atoms with van der Waals surface area (Å²) < 4.78 is 0. The van der Waals surface area contributed by atoms with Crippen molar-refractivity contribution in [1.82, 2.24) is 15.5 Å². The molecule has 2 fully saturated rings. The van der Waals surface area contributed by atoms with Gasteiger partial charge in [0, 0.05) is 35.4 Å². The highest BCUT2D eigenvalue weighted by Gasteiger charge is 2.40. The molecule has 0 spiro atoms. The van der Waals surface area contributed by atoms with E-state index in [9.17, 15) is 9.59 Å². The fraction of sp³-hybridized carbons (Fsp3) is 0.333. The lowest BCUT2D eigenvalue weighted by Gasteiger charge is -2.39. The Balaban J connectivity index is 1.10. The summed E-state index contributed by atoms with van der Waals surface area (Å²) in [5.74, 6) is -0.393. The van der Waals surface area contributed by atoms with Crippen LogP contribution in [0.2, 0.25) is 15.1 Å². The van der Waals surface area contributed by atoms with Crippen molar-refractivity contribution >= 4 is 58.0 Å². The van der Waals surface area contributed by atoms with Crippen LogP contribution in [0.5, 0.6) is 0 Å². The maximum atomic E-state index is 12.7. The topological polar surface area (TPSA) is 73.5 Å². The van der Waals surface area contributed by atoms with E-state index in [-0.39, 0.29) is 30.8 Å². The molecule has 39 heavy (non-hydrogen) atoms. The maximum absolute atomic E-state index is 12.7. The average Bonchev–Trinajstić information content (AvgIpc) is 3.14. The van der Waals surface area contributed by atoms with Crippen LogP contribution in [0.25, 0.3) is 0 Å². The number of carbonyl (C=O) groups is 2. The minimum Gasteiger partial charge on any atom is -0.353 e. The van der Waals surface area contributed by atoms with Crippen molar-refractivity contribution < 1.29 is 9.59 Å². The number of anilines is 2. The van der Waals surface area contributed by atoms with Crippen LogP contribution in [0.1, 0.15) is 36.8 Å². The molecule has 204 valence electrons. The third-order valence-corrected chi connectivity index (χ3v) is 8.45. The average molecular weight is 586 g/mol. The van der Waals surface area contributed by atoms with Crippen LogP contribution in [0.3, 0.4) is 0 Å². The van der Waals surface area contributed by atoms with Crippen molar-refractivity contribution in [2.45, 2.75) is 56.8 Å². The van der Waals surface area contributed by atoms with Crippen LogP contribution in [0.4, 0.5) is 11.4 Å². The lowest BCUT2D eigenvalue weighted by molar-refractivity contribution is -0.126. The molecule has 5 rings (SSSR count). The Bertz CT molecular complexity index is 1300. The summed E-state index contributed by atoms with van der Waals surface area (Å²) in [7, 11) is 0. The van der Waals surface area contributed by atoms with Gasteiger partial charge in [-0.2, -0.15) is 0 Å². The van der Waals surface area contributed by atoms with Crippen LogP contribution < -0.4 is 16.0 Å². The molecule has 6 nitrogen and oxygen atoms in total. The Morgan fingerprint density at radius 1 is 0.821 bits per heavy atom. The normalized spacial score (nSPS) is 20.4. The first-order valence-electron chi connectivity index (χ1n) is 13.2. The summed E-state index contributed by atoms with van der Waals surface area (Å²) in [6.45, 7) is 0.854. The molecular formula is C30H31Cl3N4O2. The number of nitrogens with zero attached hydrogens (tertiary/aromatic N) is 1. The fourth-order valence-corrected chi connectivity index (χ4v) is 6.31. The quantitative estimate of drug-likeness (QED) is 0.273. The molecule has 3 atom stereocenters. The minimum absolute atomic E-state index is 0.0505. The van der Waals surface area contributed by atoms with E-state index in [1.165, 1.54) is 5.56 Å². The number of benzene rings is 3. The van der Waals surface area contributed by atoms with E-state index < -0.39 is 0 Å². The molecular weight excluding hydrogens is 555 g/mol. The van der Waals surface area contributed by atoms with Crippen molar-refractivity contribution in [2.75, 3.05) is 11.9 Å². The first kappa shape index (κ1) is 27.8. The van der Waals surface area contributed by atoms with Crippen LogP contribution in [0, 0.1) is 0 Å². The molecule has 3 N–H and O–H groups in total. The second-order valence-corrected chi connectivity index (χ2v) is 11.5. The summed E-state index contributed by atoms with van der Waals surface area (Å²) in [4.78, 5) is 28.0. The summed E-state index contributed by atoms with van der Waals surface area (Å²) in [6.07, 6.45) is 4.26. The minimum atomic E-state index is -0.234. The second kappa shape index (κ2) is 12.6. The van der Waals surface area contributed by atoms with Crippen molar-refractivity contribution in [2.24, 2.45) is 0 Å². The molecule has 3 aromatic rings. The zero-order valence-corrected chi connectivity index (χ0v) is 23.7. The van der Waals surface area contributed by atoms with E-state index in [2.05, 4.69) is 33.0 Å². The van der Waals surface area contributed by atoms with Gasteiger partial charge in [-0.15, -0.1) is 0 Å². The van der Waals surface area contributed by atoms with Crippen LogP contribution in [0.15, 0.2) is 66.7 Å². The third kappa shape index (κ3) is 7.06. The number of rotatable bonds is 9. The summed E-state index contributed by atoms with van der Waals surface area (Å²) in [5, 5.41) is 10.9. The van der Waals surface area contributed by atoms with Gasteiger partial charge in [0.05, 0.1) is 28.7 Å². The summed E-state index contributed by atoms with van der Waals surface area (Å²) in [5.41, 5.74) is 3.35. The number of carbonyl (C=O) groups excluding carboxylic acids is 2. The molecule has 2 aliphatic heterocycles. The lowest BCUT2D eigenvalue weighted by Crippen LogP contribution is -2.51. The smallest absolute Gasteiger partial charge is 0.239 e. The SMILES string of the molecule is O=C(Cc1ccccc1Nc1c(Cl)cccc1Cl)NCC(=O)N[C@H]1C[C@H]2CC[C@@H](C1)N2Cc1ccc(Cl)cc1. The van der Waals surface area contributed by atoms with Gasteiger partial charge in [0.1, 0.15) is 0 Å². The van der Waals surface area contributed by atoms with Crippen molar-refractivity contribution in [3.63, 3.8) is 0 Å². The zero-order valence-electron chi connectivity index (χ0n) is 21.4. The van der Waals surface area contributed by atoms with Gasteiger partial charge in [0.2, 0.25) is 11.8 Å². The Morgan fingerprint density at radius 3 is 2.18 bits per heavy atom. The first-order chi connectivity index (χ1) is 18.9. The number of hydrogen-bond donors (Lipinski definition) is 3. The predicted molar refractivity (Wildman–Crippen MR) is 158 cm³/mol. The van der Waals surface area contributed by atoms with Gasteiger partial charge < -0.3 is 16.0 Å². The molecule has 2 amide bonds. The van der Waals surface area contributed by atoms with Gasteiger partial charge in [-0.1, -0.05) is 71.2 Å². The number of piperidine rings is 1. The van der Waals surface area contributed by atoms with Crippen molar-refractivity contribution in [3.05, 3.63) is 92.9 Å². The molecule has 3 aromatic carbocycles. The van der Waals surface area contributed by atoms with E-state index in [0.717, 1.165) is 48.5 Å². The van der Waals surface area contributed by atoms with Gasteiger partial charge in [-0.05, 0) is 67.1 Å². The molecule has 2 saturated heterocycles. The highest BCUT2D eigenvalue weighted by molar-refractivity contribution is 6.39. The number of fused-ring (bicyclic) bond motifs is 2. The van der Waals surface area contributed by atoms with Gasteiger partial charge in [-0.25, -0.2) is 0 Å². The highest BCUT2D eigenvalue weighted by Crippen LogP contribution is 2.37. The fourth-order valence-electron chi connectivity index (χ4n) is 5.69. The van der Waals surface area contributed by atoms with E-state index in [0.29, 0.717) is 27.8 Å². The van der Waals surface area contributed by atoms with E-state index in [1.54, 1.807) is 18.2 Å². The first-order valence-corrected chi connectivity index (χ1v) is 14.3. The summed E-state index contributed by atoms with van der Waals surface area (Å²) in [6, 6.07) is 21.8. The standard InChI is InChI=1S/C30H31Cl3N4O2/c31-21-10-8-19(9-11-21)18-37-23-12-13-24(37)16-22(15-23)35-29(39)17-34-28(38)14-20-4-1-2-7-27(20)36-30-25(32)5-3-6-26(30)33/h1-11,22-24,36H,12-18H2,(H,34,38)(H,35,39)/t22-,23+,24-. The molecule has 2 bridgehead atoms. The van der Waals surface area contributed by atoms with Crippen molar-refractivity contribution in [3.8, 4) is 0 Å². The van der Waals surface area contributed by atoms with Crippen LogP contribution in [-0.2, 0) is 22.6 Å². The van der Waals surface area contributed by atoms with E-state index >= 15 is 0 Å². The lowest BCUT2D eigenvalue weighted by atomic mass is 9.96. The Labute approximate surface area is 244 Å². The Hall–Kier alpha value is -2.77. The van der Waals surface area contributed by atoms with Crippen LogP contribution in [-0.4, -0.2) is 41.4 Å². The molecule has 0 radical (unpaired) electrons. The molecule has 0 aromatic heterocycles. The number of amides is 2. The van der Waals surface area contributed by atoms with Crippen LogP contribution >= 0.6 is 34.8 Å². The zero-order chi connectivity index (χ0) is 27.4. The molecule has 0 saturated carbocycles. The largest absolute Gasteiger partial charge is 0.353 e. The Kier molecular flexibility index (Phi) is 8.98.